The molecular weight excluding hydrogens is 328 g/mol. The van der Waals surface area contributed by atoms with Crippen molar-refractivity contribution in [3.63, 3.8) is 0 Å². The van der Waals surface area contributed by atoms with Crippen molar-refractivity contribution in [1.82, 2.24) is 20.0 Å². The molecule has 0 radical (unpaired) electrons. The number of likely N-dealkylation sites (tertiary alicyclic amines) is 1. The first-order valence-electron chi connectivity index (χ1n) is 9.29. The maximum Gasteiger partial charge on any atom is 0.255 e. The number of carbonyl (C=O) groups excluding carboxylic acids is 1. The second-order valence-electron chi connectivity index (χ2n) is 7.27. The molecule has 6 heteroatoms. The van der Waals surface area contributed by atoms with E-state index in [4.69, 9.17) is 0 Å². The Morgan fingerprint density at radius 2 is 2.12 bits per heavy atom. The molecule has 3 rings (SSSR count). The number of nitrogens with one attached hydrogen (secondary N) is 1. The molecule has 1 aliphatic heterocycles. The highest BCUT2D eigenvalue weighted by Gasteiger charge is 2.42. The number of rotatable bonds is 8. The summed E-state index contributed by atoms with van der Waals surface area (Å²) in [4.78, 5) is 16.7. The molecule has 26 heavy (non-hydrogen) atoms. The van der Waals surface area contributed by atoms with Gasteiger partial charge in [-0.15, -0.1) is 0 Å². The van der Waals surface area contributed by atoms with E-state index in [1.165, 1.54) is 5.56 Å². The Hall–Kier alpha value is -2.18. The largest absolute Gasteiger partial charge is 0.379 e. The number of aryl methyl sites for hydroxylation is 1. The highest BCUT2D eigenvalue weighted by Crippen LogP contribution is 2.24. The van der Waals surface area contributed by atoms with Crippen molar-refractivity contribution < 1.29 is 9.90 Å². The topological polar surface area (TPSA) is 72.5 Å². The van der Waals surface area contributed by atoms with Gasteiger partial charge < -0.3 is 10.0 Å². The van der Waals surface area contributed by atoms with Gasteiger partial charge in [0.15, 0.2) is 5.60 Å². The van der Waals surface area contributed by atoms with Crippen LogP contribution in [0.15, 0.2) is 42.6 Å². The van der Waals surface area contributed by atoms with Crippen molar-refractivity contribution in [2.75, 3.05) is 26.7 Å². The maximum atomic E-state index is 12.9. The van der Waals surface area contributed by atoms with Crippen LogP contribution >= 0.6 is 0 Å². The molecule has 0 saturated carbocycles. The number of hydrogen-bond acceptors (Lipinski definition) is 4. The van der Waals surface area contributed by atoms with Crippen molar-refractivity contribution in [1.29, 1.82) is 0 Å². The molecule has 0 spiro atoms. The Bertz CT molecular complexity index is 689. The van der Waals surface area contributed by atoms with E-state index in [2.05, 4.69) is 22.3 Å². The Labute approximate surface area is 154 Å². The lowest BCUT2D eigenvalue weighted by atomic mass is 9.91. The van der Waals surface area contributed by atoms with E-state index < -0.39 is 5.60 Å². The first-order valence-corrected chi connectivity index (χ1v) is 9.29. The summed E-state index contributed by atoms with van der Waals surface area (Å²) in [6, 6.07) is 12.2. The van der Waals surface area contributed by atoms with E-state index in [1.54, 1.807) is 6.20 Å². The Kier molecular flexibility index (Phi) is 6.06. The van der Waals surface area contributed by atoms with Gasteiger partial charge in [-0.3, -0.25) is 14.8 Å². The number of aliphatic hydroxyl groups is 1. The lowest BCUT2D eigenvalue weighted by molar-refractivity contribution is -0.159. The van der Waals surface area contributed by atoms with Crippen LogP contribution in [0, 0.1) is 0 Å². The fourth-order valence-electron chi connectivity index (χ4n) is 3.71. The molecule has 1 aromatic carbocycles. The quantitative estimate of drug-likeness (QED) is 0.757. The minimum atomic E-state index is -1.29. The maximum absolute atomic E-state index is 12.9. The van der Waals surface area contributed by atoms with Crippen LogP contribution in [-0.4, -0.2) is 63.3 Å². The van der Waals surface area contributed by atoms with Crippen molar-refractivity contribution >= 4 is 5.91 Å². The van der Waals surface area contributed by atoms with Crippen molar-refractivity contribution in [3.05, 3.63) is 53.9 Å². The molecule has 2 N–H and O–H groups in total. The number of amides is 1. The van der Waals surface area contributed by atoms with Crippen LogP contribution in [0.5, 0.6) is 0 Å². The molecular formula is C20H28N4O2. The van der Waals surface area contributed by atoms with E-state index in [1.807, 2.05) is 41.1 Å². The minimum Gasteiger partial charge on any atom is -0.379 e. The molecule has 6 nitrogen and oxygen atoms in total. The molecule has 0 aliphatic carbocycles. The highest BCUT2D eigenvalue weighted by atomic mass is 16.3. The monoisotopic (exact) mass is 356 g/mol. The van der Waals surface area contributed by atoms with Gasteiger partial charge in [0.2, 0.25) is 0 Å². The number of piperidine rings is 1. The predicted molar refractivity (Wildman–Crippen MR) is 100 cm³/mol. The average molecular weight is 356 g/mol. The first-order chi connectivity index (χ1) is 12.6. The number of benzene rings is 1. The number of hydrogen-bond donors (Lipinski definition) is 2. The second kappa shape index (κ2) is 8.47. The van der Waals surface area contributed by atoms with Gasteiger partial charge in [-0.2, -0.15) is 5.10 Å². The van der Waals surface area contributed by atoms with Gasteiger partial charge in [0.05, 0.1) is 0 Å². The molecule has 1 atom stereocenters. The average Bonchev–Trinajstić information content (AvgIpc) is 3.12. The minimum absolute atomic E-state index is 0.131. The fourth-order valence-corrected chi connectivity index (χ4v) is 3.71. The van der Waals surface area contributed by atoms with Gasteiger partial charge in [0.1, 0.15) is 0 Å². The van der Waals surface area contributed by atoms with E-state index in [0.717, 1.165) is 31.5 Å². The van der Waals surface area contributed by atoms with Crippen LogP contribution in [0.4, 0.5) is 0 Å². The first kappa shape index (κ1) is 18.6. The summed E-state index contributed by atoms with van der Waals surface area (Å²) < 4.78 is 0. The SMILES string of the molecule is CN(Cc1ccn[nH]1)CC1(O)CCCN(CCCc2ccccc2)C1=O. The number of aromatic amines is 1. The van der Waals surface area contributed by atoms with Crippen molar-refractivity contribution in [3.8, 4) is 0 Å². The molecule has 1 fully saturated rings. The highest BCUT2D eigenvalue weighted by molar-refractivity contribution is 5.86. The van der Waals surface area contributed by atoms with E-state index >= 15 is 0 Å². The standard InChI is InChI=1S/C20H28N4O2/c1-23(15-18-10-12-21-22-18)16-20(26)11-6-14-24(19(20)25)13-5-9-17-7-3-2-4-8-17/h2-4,7-8,10,12,26H,5-6,9,11,13-16H2,1H3,(H,21,22). The summed E-state index contributed by atoms with van der Waals surface area (Å²) in [5.74, 6) is -0.131. The van der Waals surface area contributed by atoms with Gasteiger partial charge in [0, 0.05) is 38.1 Å². The van der Waals surface area contributed by atoms with Gasteiger partial charge in [-0.05, 0) is 44.4 Å². The van der Waals surface area contributed by atoms with E-state index in [0.29, 0.717) is 26.1 Å². The summed E-state index contributed by atoms with van der Waals surface area (Å²) in [6.45, 7) is 2.39. The number of H-pyrrole nitrogens is 1. The zero-order valence-electron chi connectivity index (χ0n) is 15.4. The third-order valence-electron chi connectivity index (χ3n) is 4.97. The van der Waals surface area contributed by atoms with Crippen LogP contribution in [-0.2, 0) is 17.8 Å². The van der Waals surface area contributed by atoms with Gasteiger partial charge in [-0.25, -0.2) is 0 Å². The molecule has 140 valence electrons. The lowest BCUT2D eigenvalue weighted by Gasteiger charge is -2.40. The number of carbonyl (C=O) groups is 1. The molecule has 2 aromatic rings. The van der Waals surface area contributed by atoms with Gasteiger partial charge >= 0.3 is 0 Å². The lowest BCUT2D eigenvalue weighted by Crippen LogP contribution is -2.58. The van der Waals surface area contributed by atoms with E-state index in [-0.39, 0.29) is 5.91 Å². The number of aromatic nitrogens is 2. The normalized spacial score (nSPS) is 20.7. The number of likely N-dealkylation sites (N-methyl/N-ethyl adjacent to an activating group) is 1. The number of nitrogens with zero attached hydrogens (tertiary/aromatic N) is 3. The molecule has 1 aliphatic rings. The van der Waals surface area contributed by atoms with E-state index in [9.17, 15) is 9.90 Å². The summed E-state index contributed by atoms with van der Waals surface area (Å²) in [5, 5.41) is 17.8. The predicted octanol–water partition coefficient (Wildman–Crippen LogP) is 1.83. The molecule has 1 aromatic heterocycles. The fraction of sp³-hybridized carbons (Fsp3) is 0.500. The Morgan fingerprint density at radius 1 is 1.31 bits per heavy atom. The Balaban J connectivity index is 1.52. The van der Waals surface area contributed by atoms with Gasteiger partial charge in [-0.1, -0.05) is 30.3 Å². The van der Waals surface area contributed by atoms with Crippen molar-refractivity contribution in [2.24, 2.45) is 0 Å². The third kappa shape index (κ3) is 4.71. The van der Waals surface area contributed by atoms with Crippen LogP contribution in [0.25, 0.3) is 0 Å². The third-order valence-corrected chi connectivity index (χ3v) is 4.97. The molecule has 1 unspecified atom stereocenters. The summed E-state index contributed by atoms with van der Waals surface area (Å²) >= 11 is 0. The van der Waals surface area contributed by atoms with Gasteiger partial charge in [0.25, 0.3) is 5.91 Å². The molecule has 0 bridgehead atoms. The smallest absolute Gasteiger partial charge is 0.255 e. The summed E-state index contributed by atoms with van der Waals surface area (Å²) in [7, 11) is 1.92. The summed E-state index contributed by atoms with van der Waals surface area (Å²) in [5.41, 5.74) is 0.963. The summed E-state index contributed by atoms with van der Waals surface area (Å²) in [6.07, 6.45) is 4.93. The molecule has 1 amide bonds. The zero-order chi connectivity index (χ0) is 18.4. The molecule has 1 saturated heterocycles. The van der Waals surface area contributed by atoms with Crippen LogP contribution in [0.3, 0.4) is 0 Å². The Morgan fingerprint density at radius 3 is 2.85 bits per heavy atom. The zero-order valence-corrected chi connectivity index (χ0v) is 15.4. The van der Waals surface area contributed by atoms with Crippen LogP contribution < -0.4 is 0 Å². The van der Waals surface area contributed by atoms with Crippen molar-refractivity contribution in [2.45, 2.75) is 37.8 Å². The second-order valence-corrected chi connectivity index (χ2v) is 7.27. The molecule has 2 heterocycles. The van der Waals surface area contributed by atoms with Crippen LogP contribution in [0.2, 0.25) is 0 Å². The van der Waals surface area contributed by atoms with Crippen LogP contribution in [0.1, 0.15) is 30.5 Å².